The first kappa shape index (κ1) is 18.0. The number of hydrogen-bond acceptors (Lipinski definition) is 3. The predicted octanol–water partition coefficient (Wildman–Crippen LogP) is 2.63. The molecule has 5 heteroatoms. The minimum Gasteiger partial charge on any atom is -0.496 e. The smallest absolute Gasteiger partial charge is 0.303 e. The number of carboxylic acids is 1. The van der Waals surface area contributed by atoms with Gasteiger partial charge in [0.15, 0.2) is 0 Å². The summed E-state index contributed by atoms with van der Waals surface area (Å²) in [6, 6.07) is 7.46. The molecule has 22 heavy (non-hydrogen) atoms. The summed E-state index contributed by atoms with van der Waals surface area (Å²) in [7, 11) is 1.61. The lowest BCUT2D eigenvalue weighted by molar-refractivity contribution is -0.137. The van der Waals surface area contributed by atoms with E-state index < -0.39 is 11.4 Å². The number of aliphatic carboxylic acids is 1. The van der Waals surface area contributed by atoms with E-state index in [4.69, 9.17) is 9.84 Å². The molecular weight excluding hydrogens is 282 g/mol. The van der Waals surface area contributed by atoms with Crippen LogP contribution in [0.3, 0.4) is 0 Å². The third-order valence-corrected chi connectivity index (χ3v) is 3.61. The minimum atomic E-state index is -0.852. The van der Waals surface area contributed by atoms with Crippen molar-refractivity contribution in [3.63, 3.8) is 0 Å². The molecule has 1 aromatic rings. The molecular formula is C17H25NO4. The minimum absolute atomic E-state index is 0.0500. The van der Waals surface area contributed by atoms with Crippen LogP contribution in [-0.4, -0.2) is 30.1 Å². The van der Waals surface area contributed by atoms with Crippen LogP contribution in [0.1, 0.15) is 39.2 Å². The largest absolute Gasteiger partial charge is 0.496 e. The maximum atomic E-state index is 12.4. The van der Waals surface area contributed by atoms with Crippen molar-refractivity contribution in [1.82, 2.24) is 5.32 Å². The number of carbonyl (C=O) groups is 2. The van der Waals surface area contributed by atoms with Gasteiger partial charge < -0.3 is 15.2 Å². The third kappa shape index (κ3) is 5.39. The Labute approximate surface area is 131 Å². The van der Waals surface area contributed by atoms with Crippen molar-refractivity contribution in [2.24, 2.45) is 5.41 Å². The molecule has 0 aromatic heterocycles. The number of para-hydroxylation sites is 1. The Hall–Kier alpha value is -2.04. The number of rotatable bonds is 8. The fraction of sp³-hybridized carbons (Fsp3) is 0.529. The monoisotopic (exact) mass is 307 g/mol. The first-order chi connectivity index (χ1) is 10.3. The second kappa shape index (κ2) is 7.82. The number of carboxylic acid groups (broad SMARTS) is 1. The fourth-order valence-electron chi connectivity index (χ4n) is 2.24. The second-order valence-electron chi connectivity index (χ2n) is 6.18. The molecule has 0 spiro atoms. The van der Waals surface area contributed by atoms with E-state index in [0.717, 1.165) is 11.3 Å². The highest BCUT2D eigenvalue weighted by molar-refractivity contribution is 5.82. The molecule has 5 nitrogen and oxygen atoms in total. The maximum absolute atomic E-state index is 12.4. The molecule has 0 aliphatic heterocycles. The summed E-state index contributed by atoms with van der Waals surface area (Å²) in [4.78, 5) is 23.0. The fourth-order valence-corrected chi connectivity index (χ4v) is 2.24. The molecule has 0 aliphatic rings. The lowest BCUT2D eigenvalue weighted by atomic mass is 9.84. The Morgan fingerprint density at radius 2 is 1.95 bits per heavy atom. The van der Waals surface area contributed by atoms with Crippen LogP contribution in [0.4, 0.5) is 0 Å². The standard InChI is InChI=1S/C17H25NO4/c1-12(9-10-15(19)20)18-16(21)17(2,3)11-13-7-5-6-8-14(13)22-4/h5-8,12H,9-11H2,1-4H3,(H,18,21)(H,19,20). The van der Waals surface area contributed by atoms with Crippen molar-refractivity contribution in [2.75, 3.05) is 7.11 Å². The molecule has 0 bridgehead atoms. The molecule has 1 aromatic carbocycles. The van der Waals surface area contributed by atoms with Gasteiger partial charge in [0.2, 0.25) is 5.91 Å². The van der Waals surface area contributed by atoms with Gasteiger partial charge in [-0.3, -0.25) is 9.59 Å². The number of benzene rings is 1. The number of hydrogen-bond donors (Lipinski definition) is 2. The van der Waals surface area contributed by atoms with Gasteiger partial charge in [-0.05, 0) is 31.4 Å². The first-order valence-electron chi connectivity index (χ1n) is 7.41. The normalized spacial score (nSPS) is 12.5. The average molecular weight is 307 g/mol. The van der Waals surface area contributed by atoms with Crippen molar-refractivity contribution in [2.45, 2.75) is 46.1 Å². The zero-order valence-electron chi connectivity index (χ0n) is 13.7. The molecule has 0 fully saturated rings. The van der Waals surface area contributed by atoms with Gasteiger partial charge in [0, 0.05) is 17.9 Å². The Bertz CT molecular complexity index is 525. The summed E-state index contributed by atoms with van der Waals surface area (Å²) < 4.78 is 5.32. The van der Waals surface area contributed by atoms with Gasteiger partial charge in [-0.1, -0.05) is 32.0 Å². The Balaban J connectivity index is 2.68. The van der Waals surface area contributed by atoms with Crippen LogP contribution >= 0.6 is 0 Å². The first-order valence-corrected chi connectivity index (χ1v) is 7.41. The SMILES string of the molecule is COc1ccccc1CC(C)(C)C(=O)NC(C)CCC(=O)O. The van der Waals surface area contributed by atoms with E-state index >= 15 is 0 Å². The van der Waals surface area contributed by atoms with Gasteiger partial charge >= 0.3 is 5.97 Å². The molecule has 122 valence electrons. The van der Waals surface area contributed by atoms with Gasteiger partial charge in [-0.2, -0.15) is 0 Å². The van der Waals surface area contributed by atoms with E-state index in [1.807, 2.05) is 45.0 Å². The van der Waals surface area contributed by atoms with Crippen molar-refractivity contribution in [3.05, 3.63) is 29.8 Å². The highest BCUT2D eigenvalue weighted by Crippen LogP contribution is 2.28. The number of carbonyl (C=O) groups excluding carboxylic acids is 1. The highest BCUT2D eigenvalue weighted by Gasteiger charge is 2.29. The van der Waals surface area contributed by atoms with Crippen LogP contribution in [0.25, 0.3) is 0 Å². The van der Waals surface area contributed by atoms with Crippen LogP contribution in [0, 0.1) is 5.41 Å². The zero-order valence-corrected chi connectivity index (χ0v) is 13.7. The van der Waals surface area contributed by atoms with Gasteiger partial charge in [0.25, 0.3) is 0 Å². The molecule has 0 aliphatic carbocycles. The summed E-state index contributed by atoms with van der Waals surface area (Å²) in [5, 5.41) is 11.6. The van der Waals surface area contributed by atoms with E-state index in [-0.39, 0.29) is 18.4 Å². The third-order valence-electron chi connectivity index (χ3n) is 3.61. The van der Waals surface area contributed by atoms with Crippen LogP contribution in [-0.2, 0) is 16.0 Å². The molecule has 0 radical (unpaired) electrons. The quantitative estimate of drug-likeness (QED) is 0.774. The zero-order chi connectivity index (χ0) is 16.8. The molecule has 0 saturated heterocycles. The highest BCUT2D eigenvalue weighted by atomic mass is 16.5. The number of amides is 1. The van der Waals surface area contributed by atoms with Crippen molar-refractivity contribution in [3.8, 4) is 5.75 Å². The van der Waals surface area contributed by atoms with Gasteiger partial charge in [0.05, 0.1) is 7.11 Å². The summed E-state index contributed by atoms with van der Waals surface area (Å²) in [6.07, 6.45) is 1.02. The summed E-state index contributed by atoms with van der Waals surface area (Å²) in [6.45, 7) is 5.57. The summed E-state index contributed by atoms with van der Waals surface area (Å²) in [5.41, 5.74) is 0.370. The van der Waals surface area contributed by atoms with Crippen molar-refractivity contribution in [1.29, 1.82) is 0 Å². The van der Waals surface area contributed by atoms with Crippen molar-refractivity contribution >= 4 is 11.9 Å². The lowest BCUT2D eigenvalue weighted by Gasteiger charge is -2.26. The van der Waals surface area contributed by atoms with E-state index in [1.54, 1.807) is 7.11 Å². The lowest BCUT2D eigenvalue weighted by Crippen LogP contribution is -2.43. The molecule has 1 unspecified atom stereocenters. The van der Waals surface area contributed by atoms with Gasteiger partial charge in [0.1, 0.15) is 5.75 Å². The van der Waals surface area contributed by atoms with Crippen LogP contribution < -0.4 is 10.1 Å². The summed E-state index contributed by atoms with van der Waals surface area (Å²) in [5.74, 6) is -0.173. The molecule has 0 saturated carbocycles. The van der Waals surface area contributed by atoms with Gasteiger partial charge in [-0.25, -0.2) is 0 Å². The molecule has 2 N–H and O–H groups in total. The van der Waals surface area contributed by atoms with Crippen LogP contribution in [0.5, 0.6) is 5.75 Å². The number of ether oxygens (including phenoxy) is 1. The van der Waals surface area contributed by atoms with Crippen LogP contribution in [0.2, 0.25) is 0 Å². The average Bonchev–Trinajstić information content (AvgIpc) is 2.45. The van der Waals surface area contributed by atoms with Gasteiger partial charge in [-0.15, -0.1) is 0 Å². The van der Waals surface area contributed by atoms with Crippen molar-refractivity contribution < 1.29 is 19.4 Å². The number of methoxy groups -OCH3 is 1. The van der Waals surface area contributed by atoms with E-state index in [9.17, 15) is 9.59 Å². The van der Waals surface area contributed by atoms with E-state index in [2.05, 4.69) is 5.32 Å². The molecule has 1 rings (SSSR count). The summed E-state index contributed by atoms with van der Waals surface area (Å²) >= 11 is 0. The number of nitrogens with one attached hydrogen (secondary N) is 1. The second-order valence-corrected chi connectivity index (χ2v) is 6.18. The Morgan fingerprint density at radius 3 is 2.55 bits per heavy atom. The topological polar surface area (TPSA) is 75.6 Å². The predicted molar refractivity (Wildman–Crippen MR) is 85.0 cm³/mol. The van der Waals surface area contributed by atoms with E-state index in [1.165, 1.54) is 0 Å². The van der Waals surface area contributed by atoms with E-state index in [0.29, 0.717) is 12.8 Å². The Kier molecular flexibility index (Phi) is 6.40. The molecule has 1 amide bonds. The molecule has 1 atom stereocenters. The Morgan fingerprint density at radius 1 is 1.32 bits per heavy atom. The maximum Gasteiger partial charge on any atom is 0.303 e. The molecule has 0 heterocycles. The van der Waals surface area contributed by atoms with Crippen LogP contribution in [0.15, 0.2) is 24.3 Å².